The highest BCUT2D eigenvalue weighted by molar-refractivity contribution is 9.10. The number of aryl methyl sites for hydroxylation is 1. The van der Waals surface area contributed by atoms with E-state index in [1.165, 1.54) is 6.07 Å². The van der Waals surface area contributed by atoms with Crippen LogP contribution in [0.25, 0.3) is 0 Å². The van der Waals surface area contributed by atoms with Crippen LogP contribution in [0.5, 0.6) is 0 Å². The summed E-state index contributed by atoms with van der Waals surface area (Å²) >= 11 is 3.12. The number of hydrogen-bond donors (Lipinski definition) is 0. The van der Waals surface area contributed by atoms with Gasteiger partial charge in [-0.2, -0.15) is 0 Å². The Morgan fingerprint density at radius 1 is 1.56 bits per heavy atom. The van der Waals surface area contributed by atoms with Crippen molar-refractivity contribution in [1.82, 2.24) is 0 Å². The Balaban J connectivity index is 3.17. The van der Waals surface area contributed by atoms with Crippen LogP contribution in [-0.4, -0.2) is 0 Å². The number of rotatable bonds is 0. The summed E-state index contributed by atoms with van der Waals surface area (Å²) < 4.78 is 13.0. The molecule has 0 aliphatic carbocycles. The van der Waals surface area contributed by atoms with E-state index in [1.807, 2.05) is 13.0 Å². The first-order valence-corrected chi connectivity index (χ1v) is 3.33. The number of halogens is 2. The molecule has 0 aliphatic heterocycles. The van der Waals surface area contributed by atoms with Gasteiger partial charge in [0, 0.05) is 10.5 Å². The van der Waals surface area contributed by atoms with Gasteiger partial charge in [-0.1, -0.05) is 15.9 Å². The molecule has 1 aromatic carbocycles. The highest BCUT2D eigenvalue weighted by Crippen LogP contribution is 2.12. The van der Waals surface area contributed by atoms with Gasteiger partial charge in [-0.25, -0.2) is 4.39 Å². The van der Waals surface area contributed by atoms with Crippen molar-refractivity contribution >= 4 is 15.9 Å². The molecule has 2 heteroatoms. The van der Waals surface area contributed by atoms with Crippen LogP contribution in [-0.2, 0) is 0 Å². The van der Waals surface area contributed by atoms with Gasteiger partial charge in [-0.15, -0.1) is 0 Å². The van der Waals surface area contributed by atoms with Crippen LogP contribution in [0.2, 0.25) is 0 Å². The first-order valence-electron chi connectivity index (χ1n) is 2.53. The van der Waals surface area contributed by atoms with E-state index in [4.69, 9.17) is 0 Å². The predicted octanol–water partition coefficient (Wildman–Crippen LogP) is 2.70. The van der Waals surface area contributed by atoms with Crippen LogP contribution in [0, 0.1) is 18.8 Å². The topological polar surface area (TPSA) is 0 Å². The van der Waals surface area contributed by atoms with Crippen LogP contribution in [0.1, 0.15) is 5.56 Å². The van der Waals surface area contributed by atoms with Gasteiger partial charge in [0.2, 0.25) is 0 Å². The largest absolute Gasteiger partial charge is 0.206 e. The summed E-state index contributed by atoms with van der Waals surface area (Å²) in [4.78, 5) is 0. The van der Waals surface area contributed by atoms with Crippen LogP contribution >= 0.6 is 15.9 Å². The van der Waals surface area contributed by atoms with Gasteiger partial charge >= 0.3 is 0 Å². The molecule has 1 radical (unpaired) electrons. The molecule has 9 heavy (non-hydrogen) atoms. The minimum Gasteiger partial charge on any atom is -0.206 e. The third kappa shape index (κ3) is 1.79. The SMILES string of the molecule is Cc1cc(F)[c]c(Br)c1. The standard InChI is InChI=1S/C7H5BrF/c1-5-2-6(8)4-7(9)3-5/h2-3H,1H3. The van der Waals surface area contributed by atoms with Crippen molar-refractivity contribution in [2.24, 2.45) is 0 Å². The van der Waals surface area contributed by atoms with Crippen molar-refractivity contribution in [3.8, 4) is 0 Å². The van der Waals surface area contributed by atoms with Crippen LogP contribution in [0.15, 0.2) is 16.6 Å². The summed E-state index contributed by atoms with van der Waals surface area (Å²) in [5, 5.41) is 0. The van der Waals surface area contributed by atoms with Crippen LogP contribution < -0.4 is 0 Å². The molecule has 0 fully saturated rings. The van der Waals surface area contributed by atoms with Gasteiger partial charge in [0.15, 0.2) is 0 Å². The molecule has 0 aromatic heterocycles. The van der Waals surface area contributed by atoms with E-state index in [-0.39, 0.29) is 5.82 Å². The van der Waals surface area contributed by atoms with Gasteiger partial charge in [-0.05, 0) is 24.6 Å². The highest BCUT2D eigenvalue weighted by atomic mass is 79.9. The van der Waals surface area contributed by atoms with E-state index in [0.717, 1.165) is 5.56 Å². The van der Waals surface area contributed by atoms with E-state index < -0.39 is 0 Å². The summed E-state index contributed by atoms with van der Waals surface area (Å²) in [5.41, 5.74) is 0.901. The summed E-state index contributed by atoms with van der Waals surface area (Å²) in [5.74, 6) is -0.318. The van der Waals surface area contributed by atoms with Crippen molar-refractivity contribution < 1.29 is 4.39 Å². The number of hydrogen-bond acceptors (Lipinski definition) is 0. The fourth-order valence-corrected chi connectivity index (χ4v) is 1.18. The minimum absolute atomic E-state index is 0.318. The molecule has 0 spiro atoms. The molecule has 0 nitrogen and oxygen atoms in total. The van der Waals surface area contributed by atoms with Gasteiger partial charge in [-0.3, -0.25) is 0 Å². The van der Waals surface area contributed by atoms with Crippen molar-refractivity contribution in [2.45, 2.75) is 6.92 Å². The lowest BCUT2D eigenvalue weighted by atomic mass is 10.2. The second-order valence-corrected chi connectivity index (χ2v) is 2.71. The normalized spacial score (nSPS) is 9.67. The van der Waals surface area contributed by atoms with Gasteiger partial charge < -0.3 is 0 Å². The fraction of sp³-hybridized carbons (Fsp3) is 0.143. The summed E-state index contributed by atoms with van der Waals surface area (Å²) in [6.45, 7) is 1.84. The third-order valence-electron chi connectivity index (χ3n) is 0.948. The molecule has 0 heterocycles. The lowest BCUT2D eigenvalue weighted by molar-refractivity contribution is 0.623. The molecule has 0 unspecified atom stereocenters. The number of benzene rings is 1. The Kier molecular flexibility index (Phi) is 1.86. The first kappa shape index (κ1) is 6.75. The van der Waals surface area contributed by atoms with Crippen molar-refractivity contribution in [2.75, 3.05) is 0 Å². The zero-order chi connectivity index (χ0) is 6.85. The maximum Gasteiger partial charge on any atom is 0.132 e. The maximum absolute atomic E-state index is 12.3. The molecule has 1 aromatic rings. The third-order valence-corrected chi connectivity index (χ3v) is 1.37. The average molecular weight is 188 g/mol. The average Bonchev–Trinajstić information content (AvgIpc) is 1.59. The zero-order valence-corrected chi connectivity index (χ0v) is 6.50. The molecule has 0 aliphatic rings. The quantitative estimate of drug-likeness (QED) is 0.587. The van der Waals surface area contributed by atoms with Gasteiger partial charge in [0.25, 0.3) is 0 Å². The van der Waals surface area contributed by atoms with Crippen molar-refractivity contribution in [1.29, 1.82) is 0 Å². The van der Waals surface area contributed by atoms with Gasteiger partial charge in [0.1, 0.15) is 5.82 Å². The Hall–Kier alpha value is -0.370. The zero-order valence-electron chi connectivity index (χ0n) is 4.91. The Labute approximate surface area is 61.8 Å². The van der Waals surface area contributed by atoms with Crippen molar-refractivity contribution in [3.05, 3.63) is 34.1 Å². The Bertz CT molecular complexity index is 170. The summed E-state index contributed by atoms with van der Waals surface area (Å²) in [6, 6.07) is 5.70. The Morgan fingerprint density at radius 3 is 2.67 bits per heavy atom. The smallest absolute Gasteiger partial charge is 0.132 e. The second kappa shape index (κ2) is 2.48. The lowest BCUT2D eigenvalue weighted by Gasteiger charge is -1.92. The highest BCUT2D eigenvalue weighted by Gasteiger charge is 1.93. The van der Waals surface area contributed by atoms with E-state index >= 15 is 0 Å². The minimum atomic E-state index is -0.318. The summed E-state index contributed by atoms with van der Waals surface area (Å²) in [7, 11) is 0. The first-order chi connectivity index (χ1) is 4.18. The fourth-order valence-electron chi connectivity index (χ4n) is 0.628. The monoisotopic (exact) mass is 187 g/mol. The van der Waals surface area contributed by atoms with Crippen LogP contribution in [0.3, 0.4) is 0 Å². The van der Waals surface area contributed by atoms with Crippen molar-refractivity contribution in [3.63, 3.8) is 0 Å². The lowest BCUT2D eigenvalue weighted by Crippen LogP contribution is -1.76. The van der Waals surface area contributed by atoms with E-state index in [2.05, 4.69) is 22.0 Å². The van der Waals surface area contributed by atoms with E-state index in [9.17, 15) is 4.39 Å². The van der Waals surface area contributed by atoms with E-state index in [1.54, 1.807) is 0 Å². The molecule has 0 N–H and O–H groups in total. The molecular formula is C7H5BrF. The summed E-state index contributed by atoms with van der Waals surface area (Å²) in [6.07, 6.45) is 0. The molecule has 0 saturated heterocycles. The molecule has 0 atom stereocenters. The second-order valence-electron chi connectivity index (χ2n) is 1.85. The predicted molar refractivity (Wildman–Crippen MR) is 37.7 cm³/mol. The maximum atomic E-state index is 12.3. The molecule has 0 amide bonds. The van der Waals surface area contributed by atoms with E-state index in [0.29, 0.717) is 4.47 Å². The van der Waals surface area contributed by atoms with Gasteiger partial charge in [0.05, 0.1) is 0 Å². The molecule has 0 saturated carbocycles. The Morgan fingerprint density at radius 2 is 2.22 bits per heavy atom. The molecular weight excluding hydrogens is 183 g/mol. The molecule has 47 valence electrons. The molecule has 1 rings (SSSR count). The molecule has 0 bridgehead atoms. The van der Waals surface area contributed by atoms with Crippen LogP contribution in [0.4, 0.5) is 4.39 Å².